The normalized spacial score (nSPS) is 9.38. The maximum atomic E-state index is 11.0. The molecule has 0 fully saturated rings. The molecule has 0 radical (unpaired) electrons. The van der Waals surface area contributed by atoms with Crippen molar-refractivity contribution in [3.8, 4) is 0 Å². The van der Waals surface area contributed by atoms with Crippen LogP contribution in [0, 0.1) is 0 Å². The van der Waals surface area contributed by atoms with E-state index < -0.39 is 5.97 Å². The second kappa shape index (κ2) is 5.11. The summed E-state index contributed by atoms with van der Waals surface area (Å²) in [5, 5.41) is 8.50. The van der Waals surface area contributed by atoms with Crippen molar-refractivity contribution in [2.24, 2.45) is 0 Å². The topological polar surface area (TPSA) is 70.2 Å². The highest BCUT2D eigenvalue weighted by molar-refractivity contribution is 5.97. The third-order valence-corrected chi connectivity index (χ3v) is 1.96. The summed E-state index contributed by atoms with van der Waals surface area (Å²) in [6, 6.07) is 7.61. The Morgan fingerprint density at radius 2 is 1.81 bits per heavy atom. The van der Waals surface area contributed by atoms with Crippen molar-refractivity contribution < 1.29 is 14.7 Å². The predicted octanol–water partition coefficient (Wildman–Crippen LogP) is 2.46. The first-order valence-corrected chi connectivity index (χ1v) is 4.78. The monoisotopic (exact) mass is 219 g/mol. The van der Waals surface area contributed by atoms with E-state index >= 15 is 0 Å². The van der Waals surface area contributed by atoms with Crippen molar-refractivity contribution in [2.45, 2.75) is 13.8 Å². The van der Waals surface area contributed by atoms with Gasteiger partial charge >= 0.3 is 0 Å². The molecule has 0 spiro atoms. The number of aromatic nitrogens is 1. The van der Waals surface area contributed by atoms with Gasteiger partial charge in [-0.3, -0.25) is 9.59 Å². The van der Waals surface area contributed by atoms with Gasteiger partial charge in [0.2, 0.25) is 0 Å². The van der Waals surface area contributed by atoms with Gasteiger partial charge in [-0.05, 0) is 31.2 Å². The average molecular weight is 219 g/mol. The lowest BCUT2D eigenvalue weighted by molar-refractivity contribution is -0.134. The van der Waals surface area contributed by atoms with E-state index in [-0.39, 0.29) is 5.78 Å². The molecule has 0 unspecified atom stereocenters. The van der Waals surface area contributed by atoms with E-state index in [0.717, 1.165) is 23.4 Å². The molecule has 2 N–H and O–H groups in total. The standard InChI is InChI=1S/C10H9NO.C2H4O2/c1-7(12)8-2-3-10-9(6-8)4-5-11-10;1-2(3)4/h2-6,11H,1H3;1H3,(H,3,4). The van der Waals surface area contributed by atoms with E-state index in [9.17, 15) is 4.79 Å². The Kier molecular flexibility index (Phi) is 3.83. The summed E-state index contributed by atoms with van der Waals surface area (Å²) in [4.78, 5) is 23.1. The number of fused-ring (bicyclic) bond motifs is 1. The van der Waals surface area contributed by atoms with Crippen LogP contribution in [0.3, 0.4) is 0 Å². The Labute approximate surface area is 92.9 Å². The fraction of sp³-hybridized carbons (Fsp3) is 0.167. The molecule has 84 valence electrons. The van der Waals surface area contributed by atoms with Gasteiger partial charge in [-0.15, -0.1) is 0 Å². The zero-order valence-corrected chi connectivity index (χ0v) is 9.15. The van der Waals surface area contributed by atoms with Crippen molar-refractivity contribution in [1.29, 1.82) is 0 Å². The quantitative estimate of drug-likeness (QED) is 0.724. The Morgan fingerprint density at radius 1 is 1.19 bits per heavy atom. The largest absolute Gasteiger partial charge is 0.481 e. The molecule has 1 aromatic carbocycles. The van der Waals surface area contributed by atoms with Gasteiger partial charge < -0.3 is 10.1 Å². The fourth-order valence-corrected chi connectivity index (χ4v) is 1.27. The number of aromatic amines is 1. The van der Waals surface area contributed by atoms with Crippen LogP contribution >= 0.6 is 0 Å². The highest BCUT2D eigenvalue weighted by atomic mass is 16.4. The van der Waals surface area contributed by atoms with Gasteiger partial charge in [0, 0.05) is 29.6 Å². The number of carbonyl (C=O) groups is 2. The zero-order chi connectivity index (χ0) is 12.1. The van der Waals surface area contributed by atoms with Crippen LogP contribution in [0.25, 0.3) is 10.9 Å². The van der Waals surface area contributed by atoms with Gasteiger partial charge in [-0.1, -0.05) is 0 Å². The molecule has 2 aromatic rings. The SMILES string of the molecule is CC(=O)O.CC(=O)c1ccc2[nH]ccc2c1. The van der Waals surface area contributed by atoms with E-state index in [1.165, 1.54) is 0 Å². The maximum absolute atomic E-state index is 11.0. The van der Waals surface area contributed by atoms with E-state index in [4.69, 9.17) is 9.90 Å². The molecule has 0 amide bonds. The first-order valence-electron chi connectivity index (χ1n) is 4.78. The number of H-pyrrole nitrogens is 1. The number of ketones is 1. The molecule has 4 heteroatoms. The highest BCUT2D eigenvalue weighted by Crippen LogP contribution is 2.14. The minimum Gasteiger partial charge on any atom is -0.481 e. The lowest BCUT2D eigenvalue weighted by atomic mass is 10.1. The molecule has 0 saturated heterocycles. The van der Waals surface area contributed by atoms with Crippen LogP contribution in [-0.4, -0.2) is 21.8 Å². The summed E-state index contributed by atoms with van der Waals surface area (Å²) in [7, 11) is 0. The number of hydrogen-bond acceptors (Lipinski definition) is 2. The summed E-state index contributed by atoms with van der Waals surface area (Å²) >= 11 is 0. The molecule has 0 aliphatic rings. The van der Waals surface area contributed by atoms with Gasteiger partial charge in [0.05, 0.1) is 0 Å². The van der Waals surface area contributed by atoms with Crippen LogP contribution in [-0.2, 0) is 4.79 Å². The molecule has 0 atom stereocenters. The number of carboxylic acids is 1. The second-order valence-corrected chi connectivity index (χ2v) is 3.35. The van der Waals surface area contributed by atoms with E-state index in [1.807, 2.05) is 30.5 Å². The molecule has 1 aromatic heterocycles. The summed E-state index contributed by atoms with van der Waals surface area (Å²) in [6.45, 7) is 2.66. The van der Waals surface area contributed by atoms with Crippen molar-refractivity contribution in [3.05, 3.63) is 36.0 Å². The Bertz CT molecular complexity index is 510. The fourth-order valence-electron chi connectivity index (χ4n) is 1.27. The number of nitrogens with one attached hydrogen (secondary N) is 1. The molecular weight excluding hydrogens is 206 g/mol. The first kappa shape index (κ1) is 12.0. The van der Waals surface area contributed by atoms with Crippen LogP contribution in [0.15, 0.2) is 30.5 Å². The number of aliphatic carboxylic acids is 1. The maximum Gasteiger partial charge on any atom is 0.300 e. The lowest BCUT2D eigenvalue weighted by Gasteiger charge is -1.94. The minimum atomic E-state index is -0.833. The molecule has 16 heavy (non-hydrogen) atoms. The van der Waals surface area contributed by atoms with Crippen LogP contribution < -0.4 is 0 Å². The van der Waals surface area contributed by atoms with Crippen molar-refractivity contribution in [1.82, 2.24) is 4.98 Å². The van der Waals surface area contributed by atoms with Gasteiger partial charge in [-0.25, -0.2) is 0 Å². The van der Waals surface area contributed by atoms with Crippen molar-refractivity contribution in [2.75, 3.05) is 0 Å². The third-order valence-electron chi connectivity index (χ3n) is 1.96. The molecule has 2 rings (SSSR count). The molecule has 0 aliphatic carbocycles. The van der Waals surface area contributed by atoms with Gasteiger partial charge in [0.15, 0.2) is 5.78 Å². The number of benzene rings is 1. The van der Waals surface area contributed by atoms with Gasteiger partial charge in [0.25, 0.3) is 5.97 Å². The number of rotatable bonds is 1. The number of carbonyl (C=O) groups excluding carboxylic acids is 1. The van der Waals surface area contributed by atoms with Crippen LogP contribution in [0.1, 0.15) is 24.2 Å². The van der Waals surface area contributed by atoms with Crippen LogP contribution in [0.5, 0.6) is 0 Å². The Morgan fingerprint density at radius 3 is 2.38 bits per heavy atom. The number of carboxylic acid groups (broad SMARTS) is 1. The molecular formula is C12H13NO3. The number of Topliss-reactive ketones (excluding diaryl/α,β-unsaturated/α-hetero) is 1. The highest BCUT2D eigenvalue weighted by Gasteiger charge is 2.00. The Hall–Kier alpha value is -2.10. The Balaban J connectivity index is 0.000000280. The van der Waals surface area contributed by atoms with Crippen molar-refractivity contribution >= 4 is 22.7 Å². The van der Waals surface area contributed by atoms with Gasteiger partial charge in [0.1, 0.15) is 0 Å². The van der Waals surface area contributed by atoms with Crippen LogP contribution in [0.2, 0.25) is 0 Å². The molecule has 0 bridgehead atoms. The zero-order valence-electron chi connectivity index (χ0n) is 9.15. The second-order valence-electron chi connectivity index (χ2n) is 3.35. The summed E-state index contributed by atoms with van der Waals surface area (Å²) in [6.07, 6.45) is 1.87. The summed E-state index contributed by atoms with van der Waals surface area (Å²) in [5.74, 6) is -0.724. The van der Waals surface area contributed by atoms with Gasteiger partial charge in [-0.2, -0.15) is 0 Å². The molecule has 0 aliphatic heterocycles. The minimum absolute atomic E-state index is 0.109. The smallest absolute Gasteiger partial charge is 0.300 e. The molecule has 4 nitrogen and oxygen atoms in total. The van der Waals surface area contributed by atoms with E-state index in [2.05, 4.69) is 4.98 Å². The van der Waals surface area contributed by atoms with E-state index in [0.29, 0.717) is 0 Å². The number of hydrogen-bond donors (Lipinski definition) is 2. The van der Waals surface area contributed by atoms with Crippen LogP contribution in [0.4, 0.5) is 0 Å². The van der Waals surface area contributed by atoms with E-state index in [1.54, 1.807) is 6.92 Å². The molecule has 0 saturated carbocycles. The van der Waals surface area contributed by atoms with Crippen molar-refractivity contribution in [3.63, 3.8) is 0 Å². The summed E-state index contributed by atoms with van der Waals surface area (Å²) in [5.41, 5.74) is 1.84. The predicted molar refractivity (Wildman–Crippen MR) is 61.6 cm³/mol. The summed E-state index contributed by atoms with van der Waals surface area (Å²) < 4.78 is 0. The molecule has 1 heterocycles. The lowest BCUT2D eigenvalue weighted by Crippen LogP contribution is -1.89. The first-order chi connectivity index (χ1) is 7.50. The average Bonchev–Trinajstić information content (AvgIpc) is 2.62. The third kappa shape index (κ3) is 3.24.